The van der Waals surface area contributed by atoms with Crippen LogP contribution in [-0.4, -0.2) is 40.6 Å². The van der Waals surface area contributed by atoms with Crippen LogP contribution >= 0.6 is 11.6 Å². The second kappa shape index (κ2) is 6.80. The van der Waals surface area contributed by atoms with E-state index in [1.54, 1.807) is 12.0 Å². The van der Waals surface area contributed by atoms with Gasteiger partial charge in [-0.15, -0.1) is 11.6 Å². The fourth-order valence-corrected chi connectivity index (χ4v) is 2.58. The van der Waals surface area contributed by atoms with Gasteiger partial charge in [-0.2, -0.15) is 0 Å². The number of nitrogens with zero attached hydrogens (tertiary/aromatic N) is 3. The summed E-state index contributed by atoms with van der Waals surface area (Å²) in [5, 5.41) is 0. The Kier molecular flexibility index (Phi) is 5.07. The number of carbonyl (C=O) groups is 1. The maximum atomic E-state index is 12.3. The summed E-state index contributed by atoms with van der Waals surface area (Å²) in [5.41, 5.74) is 1.68. The van der Waals surface area contributed by atoms with E-state index in [1.807, 2.05) is 36.6 Å². The Morgan fingerprint density at radius 2 is 2.10 bits per heavy atom. The third-order valence-electron chi connectivity index (χ3n) is 3.56. The maximum absolute atomic E-state index is 12.3. The summed E-state index contributed by atoms with van der Waals surface area (Å²) in [4.78, 5) is 18.6. The first kappa shape index (κ1) is 15.6. The van der Waals surface area contributed by atoms with Crippen molar-refractivity contribution >= 4 is 28.5 Å². The van der Waals surface area contributed by atoms with Crippen LogP contribution in [0.25, 0.3) is 11.0 Å². The Hall–Kier alpha value is -1.75. The van der Waals surface area contributed by atoms with Crippen LogP contribution in [0.1, 0.15) is 19.7 Å². The molecule has 0 fully saturated rings. The van der Waals surface area contributed by atoms with Gasteiger partial charge in [-0.25, -0.2) is 4.98 Å². The van der Waals surface area contributed by atoms with Crippen LogP contribution in [-0.2, 0) is 17.2 Å². The van der Waals surface area contributed by atoms with Crippen molar-refractivity contribution in [3.63, 3.8) is 0 Å². The molecule has 5 nitrogen and oxygen atoms in total. The fourth-order valence-electron chi connectivity index (χ4n) is 2.38. The minimum atomic E-state index is 0.0708. The first-order chi connectivity index (χ1) is 10.1. The van der Waals surface area contributed by atoms with Crippen molar-refractivity contribution in [2.45, 2.75) is 26.3 Å². The van der Waals surface area contributed by atoms with Gasteiger partial charge in [0.1, 0.15) is 18.1 Å². The van der Waals surface area contributed by atoms with Crippen LogP contribution in [0.4, 0.5) is 0 Å². The quantitative estimate of drug-likeness (QED) is 0.771. The number of amides is 1. The summed E-state index contributed by atoms with van der Waals surface area (Å²) >= 11 is 5.97. The second-order valence-corrected chi connectivity index (χ2v) is 4.94. The number of likely N-dealkylation sites (N-methyl/N-ethyl adjacent to an activating group) is 1. The Balaban J connectivity index is 2.40. The summed E-state index contributed by atoms with van der Waals surface area (Å²) in [7, 11) is 1.62. The molecule has 0 spiro atoms. The number of methoxy groups -OCH3 is 1. The number of imidazole rings is 1. The van der Waals surface area contributed by atoms with E-state index in [1.165, 1.54) is 0 Å². The van der Waals surface area contributed by atoms with E-state index in [4.69, 9.17) is 16.3 Å². The molecule has 1 heterocycles. The predicted octanol–water partition coefficient (Wildman–Crippen LogP) is 2.65. The van der Waals surface area contributed by atoms with Crippen molar-refractivity contribution in [2.24, 2.45) is 0 Å². The molecule has 1 aromatic carbocycles. The molecule has 0 aliphatic heterocycles. The van der Waals surface area contributed by atoms with Crippen LogP contribution in [0.2, 0.25) is 0 Å². The van der Waals surface area contributed by atoms with Gasteiger partial charge in [-0.1, -0.05) is 0 Å². The molecule has 6 heteroatoms. The molecule has 0 saturated heterocycles. The van der Waals surface area contributed by atoms with E-state index in [9.17, 15) is 4.79 Å². The van der Waals surface area contributed by atoms with E-state index >= 15 is 0 Å². The SMILES string of the molecule is CCN(CC)C(=O)Cn1c(CCl)nc2cc(OC)ccc21. The van der Waals surface area contributed by atoms with Crippen LogP contribution < -0.4 is 4.74 Å². The van der Waals surface area contributed by atoms with Crippen LogP contribution in [0.15, 0.2) is 18.2 Å². The second-order valence-electron chi connectivity index (χ2n) is 4.67. The molecule has 0 radical (unpaired) electrons. The highest BCUT2D eigenvalue weighted by Crippen LogP contribution is 2.22. The van der Waals surface area contributed by atoms with Gasteiger partial charge in [-0.3, -0.25) is 4.79 Å². The molecule has 0 N–H and O–H groups in total. The Morgan fingerprint density at radius 1 is 1.38 bits per heavy atom. The van der Waals surface area contributed by atoms with Crippen molar-refractivity contribution in [3.05, 3.63) is 24.0 Å². The minimum Gasteiger partial charge on any atom is -0.497 e. The standard InChI is InChI=1S/C15H20ClN3O2/c1-4-18(5-2)15(20)10-19-13-7-6-11(21-3)8-12(13)17-14(19)9-16/h6-8H,4-5,9-10H2,1-3H3. The van der Waals surface area contributed by atoms with Crippen LogP contribution in [0.3, 0.4) is 0 Å². The average Bonchev–Trinajstić information content (AvgIpc) is 2.85. The van der Waals surface area contributed by atoms with Crippen molar-refractivity contribution in [2.75, 3.05) is 20.2 Å². The number of halogens is 1. The zero-order valence-corrected chi connectivity index (χ0v) is 13.4. The van der Waals surface area contributed by atoms with Gasteiger partial charge >= 0.3 is 0 Å². The van der Waals surface area contributed by atoms with Gasteiger partial charge in [0.25, 0.3) is 0 Å². The minimum absolute atomic E-state index is 0.0708. The first-order valence-corrected chi connectivity index (χ1v) is 7.54. The summed E-state index contributed by atoms with van der Waals surface area (Å²) in [6.07, 6.45) is 0. The highest BCUT2D eigenvalue weighted by atomic mass is 35.5. The lowest BCUT2D eigenvalue weighted by molar-refractivity contribution is -0.131. The number of aromatic nitrogens is 2. The molecule has 1 aromatic heterocycles. The average molecular weight is 310 g/mol. The van der Waals surface area contributed by atoms with Crippen molar-refractivity contribution in [1.82, 2.24) is 14.5 Å². The number of alkyl halides is 1. The fraction of sp³-hybridized carbons (Fsp3) is 0.467. The molecule has 114 valence electrons. The molecule has 0 bridgehead atoms. The Morgan fingerprint density at radius 3 is 2.67 bits per heavy atom. The molecule has 0 aliphatic carbocycles. The van der Waals surface area contributed by atoms with Gasteiger partial charge < -0.3 is 14.2 Å². The third-order valence-corrected chi connectivity index (χ3v) is 3.80. The van der Waals surface area contributed by atoms with Gasteiger partial charge in [0.2, 0.25) is 5.91 Å². The maximum Gasteiger partial charge on any atom is 0.242 e. The topological polar surface area (TPSA) is 47.4 Å². The molecule has 1 amide bonds. The van der Waals surface area contributed by atoms with Crippen molar-refractivity contribution < 1.29 is 9.53 Å². The molecule has 0 aliphatic rings. The largest absolute Gasteiger partial charge is 0.497 e. The molecule has 2 rings (SSSR count). The Bertz CT molecular complexity index is 635. The predicted molar refractivity (Wildman–Crippen MR) is 83.8 cm³/mol. The summed E-state index contributed by atoms with van der Waals surface area (Å²) in [6, 6.07) is 5.62. The van der Waals surface area contributed by atoms with Crippen molar-refractivity contribution in [3.8, 4) is 5.75 Å². The van der Waals surface area contributed by atoms with E-state index in [-0.39, 0.29) is 18.3 Å². The number of hydrogen-bond acceptors (Lipinski definition) is 3. The number of ether oxygens (including phenoxy) is 1. The molecule has 0 atom stereocenters. The molecular formula is C15H20ClN3O2. The summed E-state index contributed by atoms with van der Waals surface area (Å²) < 4.78 is 7.08. The molecule has 0 unspecified atom stereocenters. The highest BCUT2D eigenvalue weighted by Gasteiger charge is 2.16. The zero-order valence-electron chi connectivity index (χ0n) is 12.6. The molecule has 0 saturated carbocycles. The number of carbonyl (C=O) groups excluding carboxylic acids is 1. The summed E-state index contributed by atoms with van der Waals surface area (Å²) in [6.45, 7) is 5.60. The lowest BCUT2D eigenvalue weighted by Gasteiger charge is -2.19. The van der Waals surface area contributed by atoms with E-state index in [0.29, 0.717) is 18.9 Å². The number of rotatable bonds is 6. The normalized spacial score (nSPS) is 10.9. The zero-order chi connectivity index (χ0) is 15.4. The smallest absolute Gasteiger partial charge is 0.242 e. The lowest BCUT2D eigenvalue weighted by Crippen LogP contribution is -2.33. The van der Waals surface area contributed by atoms with Gasteiger partial charge in [0, 0.05) is 19.2 Å². The summed E-state index contributed by atoms with van der Waals surface area (Å²) in [5.74, 6) is 1.77. The van der Waals surface area contributed by atoms with E-state index in [0.717, 1.165) is 16.8 Å². The molecule has 21 heavy (non-hydrogen) atoms. The van der Waals surface area contributed by atoms with Gasteiger partial charge in [-0.05, 0) is 26.0 Å². The van der Waals surface area contributed by atoms with E-state index < -0.39 is 0 Å². The number of fused-ring (bicyclic) bond motifs is 1. The van der Waals surface area contributed by atoms with Gasteiger partial charge in [0.15, 0.2) is 0 Å². The molecule has 2 aromatic rings. The number of benzene rings is 1. The molecular weight excluding hydrogens is 290 g/mol. The van der Waals surface area contributed by atoms with E-state index in [2.05, 4.69) is 4.98 Å². The van der Waals surface area contributed by atoms with Gasteiger partial charge in [0.05, 0.1) is 24.0 Å². The van der Waals surface area contributed by atoms with Crippen LogP contribution in [0.5, 0.6) is 5.75 Å². The highest BCUT2D eigenvalue weighted by molar-refractivity contribution is 6.16. The monoisotopic (exact) mass is 309 g/mol. The van der Waals surface area contributed by atoms with Crippen LogP contribution in [0, 0.1) is 0 Å². The van der Waals surface area contributed by atoms with Crippen molar-refractivity contribution in [1.29, 1.82) is 0 Å². The lowest BCUT2D eigenvalue weighted by atomic mass is 10.3. The Labute approximate surface area is 129 Å². The first-order valence-electron chi connectivity index (χ1n) is 7.01. The number of hydrogen-bond donors (Lipinski definition) is 0. The third kappa shape index (κ3) is 3.13.